The van der Waals surface area contributed by atoms with Crippen LogP contribution in [-0.2, 0) is 12.8 Å². The Kier molecular flexibility index (Phi) is 5.44. The van der Waals surface area contributed by atoms with Gasteiger partial charge in [0.2, 0.25) is 5.95 Å². The molecule has 0 amide bonds. The van der Waals surface area contributed by atoms with E-state index in [9.17, 15) is 5.11 Å². The fraction of sp³-hybridized carbons (Fsp3) is 0.200. The van der Waals surface area contributed by atoms with Gasteiger partial charge in [-0.05, 0) is 52.7 Å². The summed E-state index contributed by atoms with van der Waals surface area (Å²) >= 11 is 0. The first-order valence-corrected chi connectivity index (χ1v) is 11.9. The molecule has 3 aromatic carbocycles. The molecule has 34 heavy (non-hydrogen) atoms. The molecule has 168 valence electrons. The summed E-state index contributed by atoms with van der Waals surface area (Å²) in [5.74, 6) is 0.865. The van der Waals surface area contributed by atoms with Crippen molar-refractivity contribution in [3.8, 4) is 11.3 Å². The molecular formula is C30H27N3O. The highest BCUT2D eigenvalue weighted by Gasteiger charge is 2.27. The normalized spacial score (nSPS) is 16.7. The van der Waals surface area contributed by atoms with Crippen molar-refractivity contribution in [2.45, 2.75) is 31.2 Å². The number of hydrogen-bond acceptors (Lipinski definition) is 4. The summed E-state index contributed by atoms with van der Waals surface area (Å²) in [4.78, 5) is 9.58. The van der Waals surface area contributed by atoms with E-state index in [0.717, 1.165) is 36.1 Å². The average molecular weight is 446 g/mol. The molecule has 2 atom stereocenters. The number of aliphatic hydroxyl groups is 1. The van der Waals surface area contributed by atoms with E-state index in [0.29, 0.717) is 11.9 Å². The lowest BCUT2D eigenvalue weighted by Crippen LogP contribution is -2.26. The molecule has 4 heteroatoms. The van der Waals surface area contributed by atoms with Gasteiger partial charge in [0.15, 0.2) is 0 Å². The van der Waals surface area contributed by atoms with Gasteiger partial charge in [0.25, 0.3) is 0 Å². The molecule has 0 fully saturated rings. The third-order valence-electron chi connectivity index (χ3n) is 7.03. The van der Waals surface area contributed by atoms with Crippen molar-refractivity contribution in [2.75, 3.05) is 11.9 Å². The number of nitrogens with one attached hydrogen (secondary N) is 1. The molecule has 2 N–H and O–H groups in total. The number of aromatic nitrogens is 2. The van der Waals surface area contributed by atoms with E-state index >= 15 is 0 Å². The average Bonchev–Trinajstić information content (AvgIpc) is 3.31. The smallest absolute Gasteiger partial charge is 0.223 e. The molecule has 4 nitrogen and oxygen atoms in total. The number of hydrogen-bond donors (Lipinski definition) is 2. The van der Waals surface area contributed by atoms with Crippen molar-refractivity contribution < 1.29 is 5.11 Å². The SMILES string of the molecule is OCC(CC1=CCc2ccccc21)Nc1ncc2c(n1)-c1ccccc1C(c1ccccc1)C2. The Bertz CT molecular complexity index is 1360. The molecule has 0 radical (unpaired) electrons. The van der Waals surface area contributed by atoms with E-state index in [2.05, 4.69) is 95.2 Å². The molecular weight excluding hydrogens is 418 g/mol. The Hall–Kier alpha value is -3.76. The zero-order valence-corrected chi connectivity index (χ0v) is 19.0. The van der Waals surface area contributed by atoms with Crippen molar-refractivity contribution in [1.29, 1.82) is 0 Å². The van der Waals surface area contributed by atoms with Gasteiger partial charge in [-0.2, -0.15) is 0 Å². The molecule has 4 aromatic rings. The Morgan fingerprint density at radius 1 is 0.882 bits per heavy atom. The van der Waals surface area contributed by atoms with Crippen molar-refractivity contribution in [2.24, 2.45) is 0 Å². The van der Waals surface area contributed by atoms with Gasteiger partial charge in [0, 0.05) is 17.7 Å². The fourth-order valence-electron chi connectivity index (χ4n) is 5.35. The van der Waals surface area contributed by atoms with Crippen LogP contribution in [0.5, 0.6) is 0 Å². The van der Waals surface area contributed by atoms with E-state index in [-0.39, 0.29) is 12.6 Å². The minimum atomic E-state index is -0.147. The Labute approximate surface area is 200 Å². The van der Waals surface area contributed by atoms with Gasteiger partial charge in [0.05, 0.1) is 18.3 Å². The van der Waals surface area contributed by atoms with Gasteiger partial charge in [0.1, 0.15) is 0 Å². The van der Waals surface area contributed by atoms with Crippen LogP contribution in [0, 0.1) is 0 Å². The lowest BCUT2D eigenvalue weighted by atomic mass is 9.78. The van der Waals surface area contributed by atoms with Gasteiger partial charge in [-0.25, -0.2) is 9.97 Å². The molecule has 0 aliphatic heterocycles. The van der Waals surface area contributed by atoms with E-state index in [1.807, 2.05) is 6.20 Å². The number of allylic oxidation sites excluding steroid dienone is 1. The Morgan fingerprint density at radius 3 is 2.50 bits per heavy atom. The maximum absolute atomic E-state index is 10.1. The second-order valence-corrected chi connectivity index (χ2v) is 9.14. The van der Waals surface area contributed by atoms with Crippen molar-refractivity contribution in [1.82, 2.24) is 9.97 Å². The maximum atomic E-state index is 10.1. The number of nitrogens with zero attached hydrogens (tertiary/aromatic N) is 2. The van der Waals surface area contributed by atoms with Crippen LogP contribution in [-0.4, -0.2) is 27.7 Å². The molecule has 1 heterocycles. The zero-order chi connectivity index (χ0) is 22.9. The van der Waals surface area contributed by atoms with Crippen molar-refractivity contribution in [3.63, 3.8) is 0 Å². The number of aliphatic hydroxyl groups excluding tert-OH is 1. The zero-order valence-electron chi connectivity index (χ0n) is 19.0. The van der Waals surface area contributed by atoms with E-state index in [1.165, 1.54) is 27.8 Å². The third-order valence-corrected chi connectivity index (χ3v) is 7.03. The monoisotopic (exact) mass is 445 g/mol. The minimum Gasteiger partial charge on any atom is -0.394 e. The summed E-state index contributed by atoms with van der Waals surface area (Å²) < 4.78 is 0. The van der Waals surface area contributed by atoms with Crippen molar-refractivity contribution in [3.05, 3.63) is 119 Å². The van der Waals surface area contributed by atoms with Gasteiger partial charge in [-0.15, -0.1) is 0 Å². The van der Waals surface area contributed by atoms with E-state index in [1.54, 1.807) is 0 Å². The van der Waals surface area contributed by atoms with Crippen LogP contribution in [0.3, 0.4) is 0 Å². The van der Waals surface area contributed by atoms with Crippen LogP contribution >= 0.6 is 0 Å². The predicted molar refractivity (Wildman–Crippen MR) is 137 cm³/mol. The maximum Gasteiger partial charge on any atom is 0.223 e. The van der Waals surface area contributed by atoms with Crippen LogP contribution in [0.1, 0.15) is 40.2 Å². The minimum absolute atomic E-state index is 0.0205. The molecule has 1 aromatic heterocycles. The van der Waals surface area contributed by atoms with Crippen LogP contribution in [0.4, 0.5) is 5.95 Å². The molecule has 2 aliphatic rings. The molecule has 0 bridgehead atoms. The third kappa shape index (κ3) is 3.80. The second kappa shape index (κ2) is 8.88. The van der Waals surface area contributed by atoms with Crippen LogP contribution < -0.4 is 5.32 Å². The topological polar surface area (TPSA) is 58.0 Å². The molecule has 2 aliphatic carbocycles. The standard InChI is InChI=1S/C30H27N3O/c34-19-24(16-22-15-14-21-10-4-5-11-25(21)22)32-30-31-18-23-17-28(20-8-2-1-3-9-20)26-12-6-7-13-27(26)29(23)33-30/h1-13,15,18,24,28,34H,14,16-17,19H2,(H,31,32,33). The number of benzene rings is 3. The highest BCUT2D eigenvalue weighted by Crippen LogP contribution is 2.41. The predicted octanol–water partition coefficient (Wildman–Crippen LogP) is 5.63. The molecule has 0 saturated carbocycles. The molecule has 0 saturated heterocycles. The summed E-state index contributed by atoms with van der Waals surface area (Å²) in [7, 11) is 0. The first kappa shape index (κ1) is 20.8. The number of rotatable bonds is 6. The summed E-state index contributed by atoms with van der Waals surface area (Å²) in [5, 5.41) is 13.5. The Morgan fingerprint density at radius 2 is 1.65 bits per heavy atom. The van der Waals surface area contributed by atoms with Gasteiger partial charge in [-0.3, -0.25) is 0 Å². The lowest BCUT2D eigenvalue weighted by Gasteiger charge is -2.28. The van der Waals surface area contributed by atoms with Crippen molar-refractivity contribution >= 4 is 11.5 Å². The molecule has 0 spiro atoms. The van der Waals surface area contributed by atoms with Crippen LogP contribution in [0.2, 0.25) is 0 Å². The summed E-state index contributed by atoms with van der Waals surface area (Å²) in [6, 6.07) is 27.6. The number of anilines is 1. The molecule has 2 unspecified atom stereocenters. The first-order chi connectivity index (χ1) is 16.8. The highest BCUT2D eigenvalue weighted by atomic mass is 16.3. The van der Waals surface area contributed by atoms with E-state index < -0.39 is 0 Å². The lowest BCUT2D eigenvalue weighted by molar-refractivity contribution is 0.275. The van der Waals surface area contributed by atoms with Gasteiger partial charge in [-0.1, -0.05) is 84.9 Å². The fourth-order valence-corrected chi connectivity index (χ4v) is 5.35. The molecule has 6 rings (SSSR count). The van der Waals surface area contributed by atoms with Gasteiger partial charge >= 0.3 is 0 Å². The number of fused-ring (bicyclic) bond motifs is 4. The second-order valence-electron chi connectivity index (χ2n) is 9.14. The Balaban J connectivity index is 1.27. The van der Waals surface area contributed by atoms with E-state index in [4.69, 9.17) is 4.98 Å². The summed E-state index contributed by atoms with van der Waals surface area (Å²) in [6.45, 7) is 0.0205. The first-order valence-electron chi connectivity index (χ1n) is 11.9. The van der Waals surface area contributed by atoms with Crippen LogP contribution in [0.25, 0.3) is 16.8 Å². The summed E-state index contributed by atoms with van der Waals surface area (Å²) in [5.41, 5.74) is 9.84. The largest absolute Gasteiger partial charge is 0.394 e. The summed E-state index contributed by atoms with van der Waals surface area (Å²) in [6.07, 6.45) is 6.79. The van der Waals surface area contributed by atoms with Crippen LogP contribution in [0.15, 0.2) is 91.1 Å². The van der Waals surface area contributed by atoms with Gasteiger partial charge < -0.3 is 10.4 Å². The highest BCUT2D eigenvalue weighted by molar-refractivity contribution is 5.74. The quantitative estimate of drug-likeness (QED) is 0.404.